The van der Waals surface area contributed by atoms with E-state index in [1.165, 1.54) is 16.4 Å². The number of nitrogens with one attached hydrogen (secondary N) is 2. The fourth-order valence-electron chi connectivity index (χ4n) is 1.85. The predicted molar refractivity (Wildman–Crippen MR) is 70.1 cm³/mol. The summed E-state index contributed by atoms with van der Waals surface area (Å²) in [6.07, 6.45) is -4.82. The molecule has 10 heteroatoms. The Balaban J connectivity index is 2.10. The first-order valence-corrected chi connectivity index (χ1v) is 7.55. The monoisotopic (exact) mass is 325 g/mol. The maximum atomic E-state index is 12.1. The lowest BCUT2D eigenvalue weighted by Gasteiger charge is -2.26. The van der Waals surface area contributed by atoms with E-state index in [9.17, 15) is 21.6 Å². The van der Waals surface area contributed by atoms with E-state index in [4.69, 9.17) is 0 Å². The molecule has 1 aromatic carbocycles. The highest BCUT2D eigenvalue weighted by Crippen LogP contribution is 2.25. The van der Waals surface area contributed by atoms with Crippen LogP contribution in [0.3, 0.4) is 0 Å². The number of ether oxygens (including phenoxy) is 1. The average Bonchev–Trinajstić information content (AvgIpc) is 2.37. The Bertz CT molecular complexity index is 586. The molecule has 0 unspecified atom stereocenters. The van der Waals surface area contributed by atoms with E-state index in [1.54, 1.807) is 0 Å². The molecule has 1 aliphatic rings. The first kappa shape index (κ1) is 15.9. The SMILES string of the molecule is O=S(=O)(Nc1cccc(OC(F)(F)F)c1)N1CCNCC1. The minimum absolute atomic E-state index is 0.00952. The molecule has 0 aliphatic carbocycles. The van der Waals surface area contributed by atoms with Gasteiger partial charge in [0.25, 0.3) is 0 Å². The van der Waals surface area contributed by atoms with E-state index in [2.05, 4.69) is 14.8 Å². The first-order valence-electron chi connectivity index (χ1n) is 6.11. The summed E-state index contributed by atoms with van der Waals surface area (Å²) < 4.78 is 67.7. The molecule has 1 fully saturated rings. The number of anilines is 1. The van der Waals surface area contributed by atoms with Gasteiger partial charge in [-0.25, -0.2) is 0 Å². The lowest BCUT2D eigenvalue weighted by atomic mass is 10.3. The van der Waals surface area contributed by atoms with Crippen LogP contribution in [0.4, 0.5) is 18.9 Å². The number of piperazine rings is 1. The third kappa shape index (κ3) is 4.76. The largest absolute Gasteiger partial charge is 0.573 e. The zero-order valence-corrected chi connectivity index (χ0v) is 11.7. The number of rotatable bonds is 4. The van der Waals surface area contributed by atoms with Crippen LogP contribution in [-0.4, -0.2) is 45.3 Å². The van der Waals surface area contributed by atoms with E-state index in [-0.39, 0.29) is 5.69 Å². The van der Waals surface area contributed by atoms with E-state index >= 15 is 0 Å². The van der Waals surface area contributed by atoms with Gasteiger partial charge >= 0.3 is 16.6 Å². The number of hydrogen-bond donors (Lipinski definition) is 2. The number of nitrogens with zero attached hydrogens (tertiary/aromatic N) is 1. The van der Waals surface area contributed by atoms with E-state index in [0.29, 0.717) is 26.2 Å². The van der Waals surface area contributed by atoms with Crippen LogP contribution in [-0.2, 0) is 10.2 Å². The third-order valence-corrected chi connectivity index (χ3v) is 4.27. The van der Waals surface area contributed by atoms with Crippen molar-refractivity contribution >= 4 is 15.9 Å². The molecule has 2 rings (SSSR count). The lowest BCUT2D eigenvalue weighted by Crippen LogP contribution is -2.48. The van der Waals surface area contributed by atoms with Crippen molar-refractivity contribution in [2.75, 3.05) is 30.9 Å². The molecule has 2 N–H and O–H groups in total. The Labute approximate surface area is 120 Å². The smallest absolute Gasteiger partial charge is 0.406 e. The second-order valence-corrected chi connectivity index (χ2v) is 6.00. The molecule has 1 aliphatic heterocycles. The summed E-state index contributed by atoms with van der Waals surface area (Å²) in [5.74, 6) is -0.483. The number of halogens is 3. The number of alkyl halides is 3. The van der Waals surface area contributed by atoms with Crippen molar-refractivity contribution < 1.29 is 26.3 Å². The molecule has 0 atom stereocenters. The predicted octanol–water partition coefficient (Wildman–Crippen LogP) is 1.15. The van der Waals surface area contributed by atoms with Crippen LogP contribution in [0.2, 0.25) is 0 Å². The summed E-state index contributed by atoms with van der Waals surface area (Å²) in [7, 11) is -3.79. The number of hydrogen-bond acceptors (Lipinski definition) is 4. The quantitative estimate of drug-likeness (QED) is 0.871. The van der Waals surface area contributed by atoms with E-state index in [0.717, 1.165) is 12.1 Å². The van der Waals surface area contributed by atoms with Gasteiger partial charge in [0.2, 0.25) is 0 Å². The summed E-state index contributed by atoms with van der Waals surface area (Å²) in [6, 6.07) is 4.70. The Morgan fingerprint density at radius 3 is 2.52 bits per heavy atom. The van der Waals surface area contributed by atoms with Gasteiger partial charge in [0.1, 0.15) is 5.75 Å². The van der Waals surface area contributed by atoms with Crippen molar-refractivity contribution in [2.45, 2.75) is 6.36 Å². The highest BCUT2D eigenvalue weighted by atomic mass is 32.2. The van der Waals surface area contributed by atoms with Crippen molar-refractivity contribution in [1.82, 2.24) is 9.62 Å². The summed E-state index contributed by atoms with van der Waals surface area (Å²) in [4.78, 5) is 0. The van der Waals surface area contributed by atoms with E-state index < -0.39 is 22.3 Å². The van der Waals surface area contributed by atoms with Crippen molar-refractivity contribution in [2.24, 2.45) is 0 Å². The van der Waals surface area contributed by atoms with Gasteiger partial charge in [0.15, 0.2) is 0 Å². The van der Waals surface area contributed by atoms with Crippen molar-refractivity contribution in [3.05, 3.63) is 24.3 Å². The summed E-state index contributed by atoms with van der Waals surface area (Å²) in [6.45, 7) is 1.65. The van der Waals surface area contributed by atoms with Gasteiger partial charge < -0.3 is 10.1 Å². The molecule has 0 amide bonds. The molecule has 1 saturated heterocycles. The van der Waals surface area contributed by atoms with Crippen molar-refractivity contribution in [1.29, 1.82) is 0 Å². The Hall–Kier alpha value is -1.52. The van der Waals surface area contributed by atoms with Crippen molar-refractivity contribution in [3.8, 4) is 5.75 Å². The molecule has 0 aromatic heterocycles. The standard InChI is InChI=1S/C11H14F3N3O3S/c12-11(13,14)20-10-3-1-2-9(8-10)16-21(18,19)17-6-4-15-5-7-17/h1-3,8,15-16H,4-7H2. The second-order valence-electron chi connectivity index (χ2n) is 4.33. The van der Waals surface area contributed by atoms with Gasteiger partial charge in [-0.3, -0.25) is 4.72 Å². The van der Waals surface area contributed by atoms with Gasteiger partial charge in [-0.2, -0.15) is 12.7 Å². The molecular formula is C11H14F3N3O3S. The van der Waals surface area contributed by atoms with Crippen molar-refractivity contribution in [3.63, 3.8) is 0 Å². The molecular weight excluding hydrogens is 311 g/mol. The highest BCUT2D eigenvalue weighted by molar-refractivity contribution is 7.90. The topological polar surface area (TPSA) is 70.7 Å². The molecule has 118 valence electrons. The Morgan fingerprint density at radius 2 is 1.90 bits per heavy atom. The highest BCUT2D eigenvalue weighted by Gasteiger charge is 2.31. The van der Waals surface area contributed by atoms with Crippen LogP contribution in [0.1, 0.15) is 0 Å². The van der Waals surface area contributed by atoms with Crippen LogP contribution in [0.15, 0.2) is 24.3 Å². The molecule has 1 heterocycles. The minimum atomic E-state index is -4.82. The van der Waals surface area contributed by atoms with Crippen LogP contribution in [0.5, 0.6) is 5.75 Å². The molecule has 0 saturated carbocycles. The second kappa shape index (κ2) is 6.08. The van der Waals surface area contributed by atoms with Gasteiger partial charge in [0.05, 0.1) is 5.69 Å². The summed E-state index contributed by atoms with van der Waals surface area (Å²) in [5.41, 5.74) is 0.00952. The Morgan fingerprint density at radius 1 is 1.24 bits per heavy atom. The summed E-state index contributed by atoms with van der Waals surface area (Å²) in [5, 5.41) is 3.01. The normalized spacial score (nSPS) is 17.5. The molecule has 0 radical (unpaired) electrons. The fraction of sp³-hybridized carbons (Fsp3) is 0.455. The zero-order valence-electron chi connectivity index (χ0n) is 10.9. The van der Waals surface area contributed by atoms with Gasteiger partial charge in [-0.1, -0.05) is 6.07 Å². The van der Waals surface area contributed by atoms with Crippen LogP contribution < -0.4 is 14.8 Å². The first-order chi connectivity index (χ1) is 9.76. The number of benzene rings is 1. The Kier molecular flexibility index (Phi) is 4.59. The van der Waals surface area contributed by atoms with Gasteiger partial charge in [-0.15, -0.1) is 13.2 Å². The van der Waals surface area contributed by atoms with E-state index in [1.807, 2.05) is 0 Å². The lowest BCUT2D eigenvalue weighted by molar-refractivity contribution is -0.274. The molecule has 0 spiro atoms. The molecule has 6 nitrogen and oxygen atoms in total. The van der Waals surface area contributed by atoms with Gasteiger partial charge in [0, 0.05) is 32.2 Å². The zero-order chi connectivity index (χ0) is 15.5. The maximum Gasteiger partial charge on any atom is 0.573 e. The molecule has 21 heavy (non-hydrogen) atoms. The van der Waals surface area contributed by atoms with Crippen LogP contribution in [0.25, 0.3) is 0 Å². The van der Waals surface area contributed by atoms with Gasteiger partial charge in [-0.05, 0) is 12.1 Å². The third-order valence-electron chi connectivity index (χ3n) is 2.73. The molecule has 1 aromatic rings. The van der Waals surface area contributed by atoms with Crippen LogP contribution >= 0.6 is 0 Å². The average molecular weight is 325 g/mol. The molecule has 0 bridgehead atoms. The minimum Gasteiger partial charge on any atom is -0.406 e. The summed E-state index contributed by atoms with van der Waals surface area (Å²) >= 11 is 0. The fourth-order valence-corrected chi connectivity index (χ4v) is 3.07. The maximum absolute atomic E-state index is 12.1. The van der Waals surface area contributed by atoms with Crippen LogP contribution in [0, 0.1) is 0 Å².